The van der Waals surface area contributed by atoms with E-state index >= 15 is 0 Å². The first-order valence-corrected chi connectivity index (χ1v) is 2.97. The molecule has 0 bridgehead atoms. The highest BCUT2D eigenvalue weighted by atomic mass is 19.1. The zero-order valence-corrected chi connectivity index (χ0v) is 4.43. The van der Waals surface area contributed by atoms with Gasteiger partial charge in [0.15, 0.2) is 0 Å². The number of rotatable bonds is 0. The Morgan fingerprint density at radius 2 is 2.38 bits per heavy atom. The number of hydrogen-bond donors (Lipinski definition) is 0. The minimum Gasteiger partial charge on any atom is -0.299 e. The molecular formula is C6H7FO. The summed E-state index contributed by atoms with van der Waals surface area (Å²) in [7, 11) is 0. The number of fused-ring (bicyclic) bond motifs is 1. The molecule has 2 saturated carbocycles. The van der Waals surface area contributed by atoms with Gasteiger partial charge in [-0.2, -0.15) is 0 Å². The van der Waals surface area contributed by atoms with Crippen molar-refractivity contribution in [3.63, 3.8) is 0 Å². The van der Waals surface area contributed by atoms with Gasteiger partial charge in [0.05, 0.1) is 5.92 Å². The van der Waals surface area contributed by atoms with Crippen molar-refractivity contribution in [1.82, 2.24) is 0 Å². The number of hydrogen-bond acceptors (Lipinski definition) is 1. The van der Waals surface area contributed by atoms with Crippen LogP contribution in [0.5, 0.6) is 0 Å². The third-order valence-corrected chi connectivity index (χ3v) is 2.17. The zero-order chi connectivity index (χ0) is 5.72. The van der Waals surface area contributed by atoms with E-state index < -0.39 is 6.17 Å². The molecule has 2 heteroatoms. The molecule has 0 saturated heterocycles. The second-order valence-electron chi connectivity index (χ2n) is 2.64. The summed E-state index contributed by atoms with van der Waals surface area (Å²) in [4.78, 5) is 10.6. The second-order valence-corrected chi connectivity index (χ2v) is 2.64. The van der Waals surface area contributed by atoms with Crippen molar-refractivity contribution in [3.05, 3.63) is 0 Å². The lowest BCUT2D eigenvalue weighted by molar-refractivity contribution is -0.119. The average molecular weight is 114 g/mol. The summed E-state index contributed by atoms with van der Waals surface area (Å²) in [6.45, 7) is 0. The Kier molecular flexibility index (Phi) is 0.626. The van der Waals surface area contributed by atoms with Crippen LogP contribution in [0.25, 0.3) is 0 Å². The van der Waals surface area contributed by atoms with Crippen molar-refractivity contribution >= 4 is 5.78 Å². The molecule has 3 unspecified atom stereocenters. The Bertz CT molecular complexity index is 143. The first kappa shape index (κ1) is 4.48. The molecule has 3 atom stereocenters. The van der Waals surface area contributed by atoms with Crippen LogP contribution in [0, 0.1) is 11.8 Å². The van der Waals surface area contributed by atoms with Gasteiger partial charge in [-0.15, -0.1) is 0 Å². The maximum Gasteiger partial charge on any atom is 0.139 e. The van der Waals surface area contributed by atoms with Gasteiger partial charge in [-0.3, -0.25) is 4.79 Å². The molecule has 0 aromatic heterocycles. The second kappa shape index (κ2) is 1.12. The fraction of sp³-hybridized carbons (Fsp3) is 0.833. The molecule has 8 heavy (non-hydrogen) atoms. The first-order chi connectivity index (χ1) is 3.80. The Labute approximate surface area is 46.9 Å². The highest BCUT2D eigenvalue weighted by Gasteiger charge is 2.58. The van der Waals surface area contributed by atoms with Crippen LogP contribution < -0.4 is 0 Å². The average Bonchev–Trinajstić information content (AvgIpc) is 2.13. The molecule has 0 amide bonds. The van der Waals surface area contributed by atoms with Gasteiger partial charge >= 0.3 is 0 Å². The van der Waals surface area contributed by atoms with E-state index in [0.29, 0.717) is 6.42 Å². The number of carbonyl (C=O) groups excluding carboxylic acids is 1. The quantitative estimate of drug-likeness (QED) is 0.458. The predicted molar refractivity (Wildman–Crippen MR) is 26.1 cm³/mol. The fourth-order valence-electron chi connectivity index (χ4n) is 1.56. The van der Waals surface area contributed by atoms with Gasteiger partial charge in [-0.1, -0.05) is 0 Å². The van der Waals surface area contributed by atoms with Crippen LogP contribution in [-0.2, 0) is 4.79 Å². The monoisotopic (exact) mass is 114 g/mol. The first-order valence-electron chi connectivity index (χ1n) is 2.97. The molecule has 1 nitrogen and oxygen atoms in total. The summed E-state index contributed by atoms with van der Waals surface area (Å²) in [5.74, 6) is 0.139. The summed E-state index contributed by atoms with van der Waals surface area (Å²) >= 11 is 0. The van der Waals surface area contributed by atoms with Crippen LogP contribution in [-0.4, -0.2) is 12.0 Å². The van der Waals surface area contributed by atoms with Gasteiger partial charge in [0.1, 0.15) is 12.0 Å². The van der Waals surface area contributed by atoms with Gasteiger partial charge in [-0.05, 0) is 6.42 Å². The summed E-state index contributed by atoms with van der Waals surface area (Å²) in [5, 5.41) is 0. The van der Waals surface area contributed by atoms with Gasteiger partial charge < -0.3 is 0 Å². The van der Waals surface area contributed by atoms with Crippen molar-refractivity contribution in [1.29, 1.82) is 0 Å². The highest BCUT2D eigenvalue weighted by Crippen LogP contribution is 2.51. The maximum absolute atomic E-state index is 12.3. The van der Waals surface area contributed by atoms with Crippen LogP contribution in [0.2, 0.25) is 0 Å². The molecule has 0 N–H and O–H groups in total. The van der Waals surface area contributed by atoms with Crippen LogP contribution in [0.15, 0.2) is 0 Å². The Morgan fingerprint density at radius 3 is 2.62 bits per heavy atom. The lowest BCUT2D eigenvalue weighted by Gasteiger charge is -1.87. The summed E-state index contributed by atoms with van der Waals surface area (Å²) < 4.78 is 12.3. The van der Waals surface area contributed by atoms with Gasteiger partial charge in [-0.25, -0.2) is 4.39 Å². The van der Waals surface area contributed by atoms with Crippen molar-refractivity contribution in [2.24, 2.45) is 11.8 Å². The van der Waals surface area contributed by atoms with Crippen molar-refractivity contribution in [2.75, 3.05) is 0 Å². The molecule has 0 aromatic carbocycles. The van der Waals surface area contributed by atoms with Gasteiger partial charge in [0.25, 0.3) is 0 Å². The SMILES string of the molecule is O=C1CCC2C(F)C12. The summed E-state index contributed by atoms with van der Waals surface area (Å²) in [6.07, 6.45) is 0.691. The lowest BCUT2D eigenvalue weighted by Crippen LogP contribution is -1.98. The number of alkyl halides is 1. The largest absolute Gasteiger partial charge is 0.299 e. The smallest absolute Gasteiger partial charge is 0.139 e. The summed E-state index contributed by atoms with van der Waals surface area (Å²) in [5.41, 5.74) is 0. The number of ketones is 1. The third-order valence-electron chi connectivity index (χ3n) is 2.17. The Balaban J connectivity index is 2.18. The summed E-state index contributed by atoms with van der Waals surface area (Å²) in [6, 6.07) is 0. The van der Waals surface area contributed by atoms with E-state index in [4.69, 9.17) is 0 Å². The predicted octanol–water partition coefficient (Wildman–Crippen LogP) is 0.933. The topological polar surface area (TPSA) is 17.1 Å². The molecule has 0 aliphatic heterocycles. The standard InChI is InChI=1S/C6H7FO/c7-6-3-1-2-4(8)5(3)6/h3,5-6H,1-2H2. The van der Waals surface area contributed by atoms with E-state index in [0.717, 1.165) is 6.42 Å². The molecule has 2 aliphatic carbocycles. The van der Waals surface area contributed by atoms with Gasteiger partial charge in [0, 0.05) is 12.3 Å². The van der Waals surface area contributed by atoms with E-state index in [2.05, 4.69) is 0 Å². The van der Waals surface area contributed by atoms with Crippen LogP contribution >= 0.6 is 0 Å². The van der Waals surface area contributed by atoms with E-state index in [1.807, 2.05) is 0 Å². The normalized spacial score (nSPS) is 51.6. The van der Waals surface area contributed by atoms with Crippen LogP contribution in [0.1, 0.15) is 12.8 Å². The zero-order valence-electron chi connectivity index (χ0n) is 4.43. The van der Waals surface area contributed by atoms with E-state index in [-0.39, 0.29) is 17.6 Å². The maximum atomic E-state index is 12.3. The lowest BCUT2D eigenvalue weighted by atomic mass is 10.2. The number of carbonyl (C=O) groups is 1. The minimum absolute atomic E-state index is 0.141. The number of halogens is 1. The highest BCUT2D eigenvalue weighted by molar-refractivity contribution is 5.87. The molecule has 2 rings (SSSR count). The molecule has 0 heterocycles. The fourth-order valence-corrected chi connectivity index (χ4v) is 1.56. The molecule has 0 radical (unpaired) electrons. The van der Waals surface area contributed by atoms with Crippen molar-refractivity contribution < 1.29 is 9.18 Å². The Morgan fingerprint density at radius 1 is 1.62 bits per heavy atom. The molecular weight excluding hydrogens is 107 g/mol. The molecule has 2 aliphatic rings. The molecule has 0 spiro atoms. The third kappa shape index (κ3) is 0.343. The number of Topliss-reactive ketones (excluding diaryl/α,β-unsaturated/α-hetero) is 1. The van der Waals surface area contributed by atoms with Gasteiger partial charge in [0.2, 0.25) is 0 Å². The van der Waals surface area contributed by atoms with Crippen LogP contribution in [0.3, 0.4) is 0 Å². The van der Waals surface area contributed by atoms with E-state index in [9.17, 15) is 9.18 Å². The van der Waals surface area contributed by atoms with Crippen LogP contribution in [0.4, 0.5) is 4.39 Å². The van der Waals surface area contributed by atoms with E-state index in [1.54, 1.807) is 0 Å². The Hall–Kier alpha value is -0.400. The minimum atomic E-state index is -0.753. The van der Waals surface area contributed by atoms with Crippen molar-refractivity contribution in [3.8, 4) is 0 Å². The van der Waals surface area contributed by atoms with E-state index in [1.165, 1.54) is 0 Å². The van der Waals surface area contributed by atoms with Crippen molar-refractivity contribution in [2.45, 2.75) is 19.0 Å². The molecule has 0 aromatic rings. The molecule has 44 valence electrons. The molecule has 2 fully saturated rings.